The molecule has 1 amide bonds. The maximum absolute atomic E-state index is 13.8. The molecule has 0 bridgehead atoms. The summed E-state index contributed by atoms with van der Waals surface area (Å²) in [6.45, 7) is 6.45. The Balaban J connectivity index is 1.32. The molecule has 10 heteroatoms. The Labute approximate surface area is 202 Å². The van der Waals surface area contributed by atoms with Crippen LogP contribution in [0.15, 0.2) is 12.3 Å². The number of esters is 1. The monoisotopic (exact) mass is 495 g/mol. The number of amides is 1. The summed E-state index contributed by atoms with van der Waals surface area (Å²) < 4.78 is 51.2. The Morgan fingerprint density at radius 3 is 2.63 bits per heavy atom. The normalized spacial score (nSPS) is 31.3. The molecule has 192 valence electrons. The van der Waals surface area contributed by atoms with E-state index >= 15 is 0 Å². The van der Waals surface area contributed by atoms with Gasteiger partial charge in [-0.15, -0.1) is 0 Å². The lowest BCUT2D eigenvalue weighted by Gasteiger charge is -2.46. The van der Waals surface area contributed by atoms with E-state index in [1.54, 1.807) is 11.8 Å². The zero-order chi connectivity index (χ0) is 25.0. The van der Waals surface area contributed by atoms with Crippen molar-refractivity contribution in [1.29, 1.82) is 0 Å². The second-order valence-electron chi connectivity index (χ2n) is 10.5. The molecule has 4 atom stereocenters. The van der Waals surface area contributed by atoms with Gasteiger partial charge in [0.2, 0.25) is 5.91 Å². The quantitative estimate of drug-likeness (QED) is 0.587. The lowest BCUT2D eigenvalue weighted by Crippen LogP contribution is -2.56. The number of rotatable bonds is 2. The molecule has 0 aromatic carbocycles. The molecule has 7 nitrogen and oxygen atoms in total. The lowest BCUT2D eigenvalue weighted by atomic mass is 9.74. The largest absolute Gasteiger partial charge is 0.458 e. The number of alkyl halides is 3. The molecule has 1 aromatic heterocycles. The number of nitrogens with zero attached hydrogens (tertiary/aromatic N) is 3. The molecule has 0 N–H and O–H groups in total. The number of carbonyl (C=O) groups is 2. The summed E-state index contributed by atoms with van der Waals surface area (Å²) in [5.74, 6) is -1.79. The Bertz CT molecular complexity index is 993. The average Bonchev–Trinajstić information content (AvgIpc) is 3.06. The van der Waals surface area contributed by atoms with Crippen molar-refractivity contribution >= 4 is 11.9 Å². The first kappa shape index (κ1) is 24.5. The number of likely N-dealkylation sites (tertiary alicyclic amines) is 1. The third-order valence-electron chi connectivity index (χ3n) is 8.31. The van der Waals surface area contributed by atoms with Gasteiger partial charge in [0.05, 0.1) is 23.5 Å². The van der Waals surface area contributed by atoms with Crippen molar-refractivity contribution < 1.29 is 32.2 Å². The SMILES string of the molecule is CC1CC(N2CCC3(CC2)OC(=O)C(C)C3C(=O)N2CCc3ncc(C(F)(F)F)cc3C2)CCO1. The molecule has 3 fully saturated rings. The summed E-state index contributed by atoms with van der Waals surface area (Å²) in [7, 11) is 0. The number of hydrogen-bond acceptors (Lipinski definition) is 6. The van der Waals surface area contributed by atoms with Crippen molar-refractivity contribution in [2.24, 2.45) is 11.8 Å². The fourth-order valence-electron chi connectivity index (χ4n) is 6.34. The summed E-state index contributed by atoms with van der Waals surface area (Å²) in [6, 6.07) is 1.51. The van der Waals surface area contributed by atoms with Crippen molar-refractivity contribution in [3.8, 4) is 0 Å². The third-order valence-corrected chi connectivity index (χ3v) is 8.31. The topological polar surface area (TPSA) is 72.0 Å². The smallest absolute Gasteiger partial charge is 0.417 e. The number of aromatic nitrogens is 1. The van der Waals surface area contributed by atoms with Crippen molar-refractivity contribution in [3.05, 3.63) is 29.1 Å². The van der Waals surface area contributed by atoms with Crippen LogP contribution in [0.5, 0.6) is 0 Å². The Morgan fingerprint density at radius 1 is 1.20 bits per heavy atom. The third kappa shape index (κ3) is 4.55. The first-order valence-corrected chi connectivity index (χ1v) is 12.5. The van der Waals surface area contributed by atoms with Crippen LogP contribution in [0.25, 0.3) is 0 Å². The van der Waals surface area contributed by atoms with Crippen LogP contribution < -0.4 is 0 Å². The molecule has 0 radical (unpaired) electrons. The molecule has 1 aromatic rings. The molecule has 0 saturated carbocycles. The van der Waals surface area contributed by atoms with Crippen LogP contribution in [-0.4, -0.2) is 70.6 Å². The molecule has 4 aliphatic heterocycles. The van der Waals surface area contributed by atoms with E-state index in [2.05, 4.69) is 16.8 Å². The van der Waals surface area contributed by atoms with E-state index in [1.807, 2.05) is 0 Å². The number of fused-ring (bicyclic) bond motifs is 1. The highest BCUT2D eigenvalue weighted by molar-refractivity contribution is 5.89. The van der Waals surface area contributed by atoms with Crippen molar-refractivity contribution in [1.82, 2.24) is 14.8 Å². The molecule has 0 aliphatic carbocycles. The first-order valence-electron chi connectivity index (χ1n) is 12.5. The van der Waals surface area contributed by atoms with Gasteiger partial charge in [0, 0.05) is 70.0 Å². The van der Waals surface area contributed by atoms with Gasteiger partial charge in [0.25, 0.3) is 0 Å². The second kappa shape index (κ2) is 9.03. The zero-order valence-electron chi connectivity index (χ0n) is 20.1. The van der Waals surface area contributed by atoms with Crippen molar-refractivity contribution in [2.75, 3.05) is 26.2 Å². The number of pyridine rings is 1. The Kier molecular flexibility index (Phi) is 6.32. The maximum Gasteiger partial charge on any atom is 0.417 e. The van der Waals surface area contributed by atoms with Crippen LogP contribution in [0.1, 0.15) is 56.4 Å². The van der Waals surface area contributed by atoms with Gasteiger partial charge in [0.1, 0.15) is 5.60 Å². The predicted molar refractivity (Wildman–Crippen MR) is 119 cm³/mol. The minimum atomic E-state index is -4.49. The van der Waals surface area contributed by atoms with E-state index in [4.69, 9.17) is 9.47 Å². The summed E-state index contributed by atoms with van der Waals surface area (Å²) in [4.78, 5) is 34.4. The Morgan fingerprint density at radius 2 is 1.94 bits per heavy atom. The van der Waals surface area contributed by atoms with E-state index < -0.39 is 29.2 Å². The maximum atomic E-state index is 13.8. The van der Waals surface area contributed by atoms with E-state index in [1.165, 1.54) is 0 Å². The summed E-state index contributed by atoms with van der Waals surface area (Å²) in [5, 5.41) is 0. The molecule has 35 heavy (non-hydrogen) atoms. The van der Waals surface area contributed by atoms with Gasteiger partial charge in [-0.05, 0) is 31.4 Å². The minimum Gasteiger partial charge on any atom is -0.458 e. The molecular weight excluding hydrogens is 463 g/mol. The van der Waals surface area contributed by atoms with Crippen LogP contribution in [0.3, 0.4) is 0 Å². The molecule has 1 spiro atoms. The minimum absolute atomic E-state index is 0.0602. The highest BCUT2D eigenvalue weighted by Gasteiger charge is 2.59. The van der Waals surface area contributed by atoms with E-state index in [0.29, 0.717) is 43.1 Å². The van der Waals surface area contributed by atoms with Crippen LogP contribution in [0, 0.1) is 11.8 Å². The van der Waals surface area contributed by atoms with E-state index in [0.717, 1.165) is 44.8 Å². The van der Waals surface area contributed by atoms with Gasteiger partial charge in [-0.25, -0.2) is 0 Å². The number of piperidine rings is 1. The van der Waals surface area contributed by atoms with E-state index in [9.17, 15) is 22.8 Å². The molecule has 4 unspecified atom stereocenters. The highest BCUT2D eigenvalue weighted by Crippen LogP contribution is 2.46. The number of ether oxygens (including phenoxy) is 2. The fraction of sp³-hybridized carbons (Fsp3) is 0.720. The van der Waals surface area contributed by atoms with Gasteiger partial charge in [-0.1, -0.05) is 6.92 Å². The number of carbonyl (C=O) groups excluding carboxylic acids is 2. The molecule has 4 aliphatic rings. The Hall–Kier alpha value is -2.20. The van der Waals surface area contributed by atoms with Gasteiger partial charge in [0.15, 0.2) is 0 Å². The van der Waals surface area contributed by atoms with Gasteiger partial charge in [-0.3, -0.25) is 19.5 Å². The second-order valence-corrected chi connectivity index (χ2v) is 10.5. The lowest BCUT2D eigenvalue weighted by molar-refractivity contribution is -0.159. The fourth-order valence-corrected chi connectivity index (χ4v) is 6.34. The van der Waals surface area contributed by atoms with Gasteiger partial charge in [-0.2, -0.15) is 13.2 Å². The van der Waals surface area contributed by atoms with Crippen LogP contribution in [0.2, 0.25) is 0 Å². The number of hydrogen-bond donors (Lipinski definition) is 0. The number of halogens is 3. The highest BCUT2D eigenvalue weighted by atomic mass is 19.4. The molecule has 5 rings (SSSR count). The summed E-state index contributed by atoms with van der Waals surface area (Å²) in [6.07, 6.45) is 0.0584. The zero-order valence-corrected chi connectivity index (χ0v) is 20.1. The van der Waals surface area contributed by atoms with Crippen molar-refractivity contribution in [2.45, 2.75) is 76.4 Å². The van der Waals surface area contributed by atoms with Crippen molar-refractivity contribution in [3.63, 3.8) is 0 Å². The van der Waals surface area contributed by atoms with Gasteiger partial charge < -0.3 is 14.4 Å². The molecule has 3 saturated heterocycles. The first-order chi connectivity index (χ1) is 16.6. The summed E-state index contributed by atoms with van der Waals surface area (Å²) in [5.41, 5.74) is -0.672. The van der Waals surface area contributed by atoms with Crippen LogP contribution in [0.4, 0.5) is 13.2 Å². The van der Waals surface area contributed by atoms with Gasteiger partial charge >= 0.3 is 12.1 Å². The van der Waals surface area contributed by atoms with E-state index in [-0.39, 0.29) is 24.5 Å². The standard InChI is InChI=1S/C25H32F3N3O4/c1-15-11-19(4-10-34-15)30-8-5-24(6-9-30)21(16(2)23(33)35-24)22(32)31-7-3-20-17(14-31)12-18(13-29-20)25(26,27)28/h12-13,15-16,19,21H,3-11,14H2,1-2H3. The average molecular weight is 496 g/mol. The molecular formula is C25H32F3N3O4. The van der Waals surface area contributed by atoms with Crippen LogP contribution >= 0.6 is 0 Å². The van der Waals surface area contributed by atoms with Crippen LogP contribution in [-0.2, 0) is 38.2 Å². The molecule has 5 heterocycles. The summed E-state index contributed by atoms with van der Waals surface area (Å²) >= 11 is 0. The predicted octanol–water partition coefficient (Wildman–Crippen LogP) is 3.20.